The van der Waals surface area contributed by atoms with Gasteiger partial charge in [-0.15, -0.1) is 0 Å². The summed E-state index contributed by atoms with van der Waals surface area (Å²) in [5.74, 6) is 0.125. The highest BCUT2D eigenvalue weighted by atomic mass is 32.1. The van der Waals surface area contributed by atoms with Crippen LogP contribution in [0.2, 0.25) is 0 Å². The Labute approximate surface area is 157 Å². The number of ether oxygens (including phenoxy) is 1. The summed E-state index contributed by atoms with van der Waals surface area (Å²) in [6, 6.07) is 17.1. The molecule has 3 N–H and O–H groups in total. The summed E-state index contributed by atoms with van der Waals surface area (Å²) in [6.07, 6.45) is 1.06. The van der Waals surface area contributed by atoms with E-state index in [2.05, 4.69) is 39.6 Å². The minimum atomic E-state index is -2.82. The number of quaternary nitrogens is 1. The van der Waals surface area contributed by atoms with Gasteiger partial charge in [-0.25, -0.2) is 0 Å². The van der Waals surface area contributed by atoms with Crippen molar-refractivity contribution >= 4 is 23.0 Å². The van der Waals surface area contributed by atoms with Crippen molar-refractivity contribution in [2.24, 2.45) is 0 Å². The van der Waals surface area contributed by atoms with Gasteiger partial charge in [-0.1, -0.05) is 30.3 Å². The standard InChI is InChI=1S/C19H21F2N3OS/c20-18(21)25-17-8-6-15(7-9-17)22-19(26)23-16-10-11-24(13-16)12-14-4-2-1-3-5-14/h1-9,16,18H,10-13H2,(H2,22,23,26)/p+1/t16-/m1/s1. The third-order valence-corrected chi connectivity index (χ3v) is 4.57. The molecule has 1 aliphatic rings. The van der Waals surface area contributed by atoms with Gasteiger partial charge in [-0.2, -0.15) is 8.78 Å². The number of nitrogens with one attached hydrogen (secondary N) is 3. The van der Waals surface area contributed by atoms with Crippen LogP contribution in [-0.4, -0.2) is 30.9 Å². The molecule has 0 spiro atoms. The predicted octanol–water partition coefficient (Wildman–Crippen LogP) is 2.43. The van der Waals surface area contributed by atoms with E-state index in [1.165, 1.54) is 22.6 Å². The topological polar surface area (TPSA) is 37.7 Å². The van der Waals surface area contributed by atoms with Gasteiger partial charge in [0.05, 0.1) is 19.1 Å². The van der Waals surface area contributed by atoms with Crippen LogP contribution >= 0.6 is 12.2 Å². The van der Waals surface area contributed by atoms with Crippen LogP contribution in [0, 0.1) is 0 Å². The summed E-state index contributed by atoms with van der Waals surface area (Å²) in [4.78, 5) is 1.53. The molecule has 7 heteroatoms. The third kappa shape index (κ3) is 5.64. The average molecular weight is 378 g/mol. The average Bonchev–Trinajstić information content (AvgIpc) is 3.04. The fourth-order valence-electron chi connectivity index (χ4n) is 3.17. The maximum atomic E-state index is 12.2. The summed E-state index contributed by atoms with van der Waals surface area (Å²) in [7, 11) is 0. The van der Waals surface area contributed by atoms with Crippen LogP contribution in [-0.2, 0) is 6.54 Å². The molecular weight excluding hydrogens is 356 g/mol. The molecular formula is C19H22F2N3OS+. The molecule has 1 saturated heterocycles. The Hall–Kier alpha value is -2.25. The maximum absolute atomic E-state index is 12.2. The van der Waals surface area contributed by atoms with Gasteiger partial charge in [0.2, 0.25) is 0 Å². The Morgan fingerprint density at radius 2 is 1.88 bits per heavy atom. The minimum absolute atomic E-state index is 0.125. The monoisotopic (exact) mass is 378 g/mol. The molecule has 26 heavy (non-hydrogen) atoms. The number of thiocarbonyl (C=S) groups is 1. The van der Waals surface area contributed by atoms with E-state index < -0.39 is 6.61 Å². The van der Waals surface area contributed by atoms with Crippen LogP contribution in [0.1, 0.15) is 12.0 Å². The van der Waals surface area contributed by atoms with Crippen molar-refractivity contribution in [3.8, 4) is 5.75 Å². The van der Waals surface area contributed by atoms with Crippen molar-refractivity contribution in [3.05, 3.63) is 60.2 Å². The van der Waals surface area contributed by atoms with E-state index in [1.807, 2.05) is 6.07 Å². The molecule has 1 aliphatic heterocycles. The Morgan fingerprint density at radius 3 is 2.58 bits per heavy atom. The number of likely N-dealkylation sites (tertiary alicyclic amines) is 1. The zero-order chi connectivity index (χ0) is 18.4. The van der Waals surface area contributed by atoms with Gasteiger partial charge in [0.15, 0.2) is 5.11 Å². The van der Waals surface area contributed by atoms with Crippen LogP contribution in [0.15, 0.2) is 54.6 Å². The lowest BCUT2D eigenvalue weighted by atomic mass is 10.2. The molecule has 0 saturated carbocycles. The van der Waals surface area contributed by atoms with Crippen molar-refractivity contribution in [1.82, 2.24) is 5.32 Å². The lowest BCUT2D eigenvalue weighted by Gasteiger charge is -2.16. The molecule has 2 atom stereocenters. The first-order valence-corrected chi connectivity index (χ1v) is 8.99. The second-order valence-electron chi connectivity index (χ2n) is 6.35. The van der Waals surface area contributed by atoms with Gasteiger partial charge in [0.25, 0.3) is 0 Å². The van der Waals surface area contributed by atoms with Crippen molar-refractivity contribution in [2.45, 2.75) is 25.6 Å². The summed E-state index contributed by atoms with van der Waals surface area (Å²) in [6.45, 7) is 0.317. The quantitative estimate of drug-likeness (QED) is 0.675. The molecule has 2 aromatic rings. The predicted molar refractivity (Wildman–Crippen MR) is 102 cm³/mol. The van der Waals surface area contributed by atoms with Gasteiger partial charge >= 0.3 is 6.61 Å². The first-order chi connectivity index (χ1) is 12.6. The molecule has 0 aromatic heterocycles. The van der Waals surface area contributed by atoms with E-state index in [0.717, 1.165) is 31.7 Å². The Balaban J connectivity index is 1.44. The number of anilines is 1. The van der Waals surface area contributed by atoms with Crippen molar-refractivity contribution in [3.63, 3.8) is 0 Å². The van der Waals surface area contributed by atoms with Crippen molar-refractivity contribution < 1.29 is 18.4 Å². The zero-order valence-corrected chi connectivity index (χ0v) is 15.1. The highest BCUT2D eigenvalue weighted by molar-refractivity contribution is 7.80. The Kier molecular flexibility index (Phi) is 6.35. The highest BCUT2D eigenvalue weighted by Crippen LogP contribution is 2.17. The fourth-order valence-corrected chi connectivity index (χ4v) is 3.46. The van der Waals surface area contributed by atoms with E-state index in [9.17, 15) is 8.78 Å². The SMILES string of the molecule is FC(F)Oc1ccc(NC(=S)N[C@@H]2CC[NH+](Cc3ccccc3)C2)cc1. The number of alkyl halides is 2. The highest BCUT2D eigenvalue weighted by Gasteiger charge is 2.26. The first-order valence-electron chi connectivity index (χ1n) is 8.58. The van der Waals surface area contributed by atoms with E-state index in [0.29, 0.717) is 11.2 Å². The van der Waals surface area contributed by atoms with Crippen LogP contribution in [0.25, 0.3) is 0 Å². The summed E-state index contributed by atoms with van der Waals surface area (Å²) in [5.41, 5.74) is 2.07. The molecule has 0 bridgehead atoms. The molecule has 1 heterocycles. The molecule has 1 fully saturated rings. The number of hydrogen-bond donors (Lipinski definition) is 3. The fraction of sp³-hybridized carbons (Fsp3) is 0.316. The second-order valence-corrected chi connectivity index (χ2v) is 6.76. The van der Waals surface area contributed by atoms with Crippen LogP contribution in [0.3, 0.4) is 0 Å². The molecule has 3 rings (SSSR count). The molecule has 2 aromatic carbocycles. The lowest BCUT2D eigenvalue weighted by molar-refractivity contribution is -0.901. The largest absolute Gasteiger partial charge is 0.435 e. The van der Waals surface area contributed by atoms with Gasteiger partial charge in [0, 0.05) is 17.7 Å². The second kappa shape index (κ2) is 8.91. The van der Waals surface area contributed by atoms with Crippen LogP contribution in [0.5, 0.6) is 5.75 Å². The molecule has 138 valence electrons. The number of halogens is 2. The van der Waals surface area contributed by atoms with Crippen molar-refractivity contribution in [2.75, 3.05) is 18.4 Å². The summed E-state index contributed by atoms with van der Waals surface area (Å²) >= 11 is 5.36. The Morgan fingerprint density at radius 1 is 1.15 bits per heavy atom. The molecule has 4 nitrogen and oxygen atoms in total. The lowest BCUT2D eigenvalue weighted by Crippen LogP contribution is -3.09. The van der Waals surface area contributed by atoms with Gasteiger partial charge in [0.1, 0.15) is 12.3 Å². The number of hydrogen-bond acceptors (Lipinski definition) is 2. The summed E-state index contributed by atoms with van der Waals surface area (Å²) in [5, 5.41) is 6.96. The van der Waals surface area contributed by atoms with E-state index >= 15 is 0 Å². The van der Waals surface area contributed by atoms with Crippen LogP contribution in [0.4, 0.5) is 14.5 Å². The van der Waals surface area contributed by atoms with E-state index in [1.54, 1.807) is 12.1 Å². The summed E-state index contributed by atoms with van der Waals surface area (Å²) < 4.78 is 28.6. The zero-order valence-electron chi connectivity index (χ0n) is 14.3. The van der Waals surface area contributed by atoms with Gasteiger partial charge < -0.3 is 20.3 Å². The first kappa shape index (κ1) is 18.5. The van der Waals surface area contributed by atoms with Crippen LogP contribution < -0.4 is 20.3 Å². The molecule has 0 amide bonds. The van der Waals surface area contributed by atoms with Gasteiger partial charge in [-0.05, 0) is 36.5 Å². The van der Waals surface area contributed by atoms with Gasteiger partial charge in [-0.3, -0.25) is 0 Å². The molecule has 1 unspecified atom stereocenters. The number of benzene rings is 2. The smallest absolute Gasteiger partial charge is 0.387 e. The molecule has 0 aliphatic carbocycles. The normalized spacial score (nSPS) is 19.3. The van der Waals surface area contributed by atoms with E-state index in [4.69, 9.17) is 12.2 Å². The Bertz CT molecular complexity index is 712. The third-order valence-electron chi connectivity index (χ3n) is 4.35. The van der Waals surface area contributed by atoms with Crippen molar-refractivity contribution in [1.29, 1.82) is 0 Å². The minimum Gasteiger partial charge on any atom is -0.435 e. The van der Waals surface area contributed by atoms with E-state index in [-0.39, 0.29) is 5.75 Å². The maximum Gasteiger partial charge on any atom is 0.387 e. The molecule has 0 radical (unpaired) electrons. The number of rotatable bonds is 6.